The van der Waals surface area contributed by atoms with Crippen LogP contribution < -0.4 is 4.74 Å². The molecular formula is C28H43NO6. The lowest BCUT2D eigenvalue weighted by molar-refractivity contribution is -0.159. The molecule has 1 fully saturated rings. The lowest BCUT2D eigenvalue weighted by atomic mass is 9.78. The zero-order valence-corrected chi connectivity index (χ0v) is 22.2. The van der Waals surface area contributed by atoms with E-state index in [0.29, 0.717) is 12.3 Å². The lowest BCUT2D eigenvalue weighted by Crippen LogP contribution is -2.49. The van der Waals surface area contributed by atoms with E-state index in [1.165, 1.54) is 17.6 Å². The number of nitrogens with zero attached hydrogens (tertiary/aromatic N) is 1. The van der Waals surface area contributed by atoms with Gasteiger partial charge >= 0.3 is 12.1 Å². The van der Waals surface area contributed by atoms with Crippen LogP contribution in [0.4, 0.5) is 4.79 Å². The molecule has 1 aliphatic rings. The summed E-state index contributed by atoms with van der Waals surface area (Å²) >= 11 is 0. The van der Waals surface area contributed by atoms with E-state index in [0.717, 1.165) is 37.9 Å². The van der Waals surface area contributed by atoms with Crippen LogP contribution in [-0.4, -0.2) is 55.7 Å². The van der Waals surface area contributed by atoms with Gasteiger partial charge in [-0.2, -0.15) is 0 Å². The third kappa shape index (κ3) is 8.88. The van der Waals surface area contributed by atoms with Crippen molar-refractivity contribution >= 4 is 12.1 Å². The van der Waals surface area contributed by atoms with Crippen LogP contribution >= 0.6 is 0 Å². The van der Waals surface area contributed by atoms with E-state index in [-0.39, 0.29) is 18.8 Å². The number of cyclic esters (lactones) is 1. The number of hydrogen-bond donors (Lipinski definition) is 0. The summed E-state index contributed by atoms with van der Waals surface area (Å²) in [6, 6.07) is 7.39. The second-order valence-electron chi connectivity index (χ2n) is 10.3. The summed E-state index contributed by atoms with van der Waals surface area (Å²) in [4.78, 5) is 27.6. The van der Waals surface area contributed by atoms with Crippen molar-refractivity contribution in [1.82, 2.24) is 4.90 Å². The summed E-state index contributed by atoms with van der Waals surface area (Å²) in [5, 5.41) is 0. The maximum atomic E-state index is 13.3. The highest BCUT2D eigenvalue weighted by atomic mass is 16.6. The molecule has 0 unspecified atom stereocenters. The van der Waals surface area contributed by atoms with Gasteiger partial charge in [0.1, 0.15) is 30.2 Å². The molecule has 0 N–H and O–H groups in total. The topological polar surface area (TPSA) is 74.3 Å². The molecule has 4 atom stereocenters. The summed E-state index contributed by atoms with van der Waals surface area (Å²) < 4.78 is 22.1. The van der Waals surface area contributed by atoms with Crippen molar-refractivity contribution in [3.63, 3.8) is 0 Å². The van der Waals surface area contributed by atoms with E-state index in [9.17, 15) is 9.59 Å². The Hall–Kier alpha value is -2.54. The molecule has 7 nitrogen and oxygen atoms in total. The molecule has 2 rings (SSSR count). The lowest BCUT2D eigenvalue weighted by Gasteiger charge is -2.33. The molecule has 1 aromatic carbocycles. The zero-order valence-electron chi connectivity index (χ0n) is 22.2. The highest BCUT2D eigenvalue weighted by Crippen LogP contribution is 2.34. The Morgan fingerprint density at radius 2 is 1.89 bits per heavy atom. The highest BCUT2D eigenvalue weighted by molar-refractivity contribution is 5.81. The fourth-order valence-electron chi connectivity index (χ4n) is 4.75. The summed E-state index contributed by atoms with van der Waals surface area (Å²) in [6.07, 6.45) is 5.84. The number of benzene rings is 1. The van der Waals surface area contributed by atoms with Crippen LogP contribution in [0.1, 0.15) is 65.4 Å². The molecule has 1 aliphatic heterocycles. The molecule has 7 heteroatoms. The minimum atomic E-state index is -0.757. The molecular weight excluding hydrogens is 446 g/mol. The number of amides is 1. The monoisotopic (exact) mass is 489 g/mol. The molecule has 1 saturated heterocycles. The van der Waals surface area contributed by atoms with Crippen LogP contribution in [-0.2, 0) is 25.4 Å². The second kappa shape index (κ2) is 13.5. The Kier molecular flexibility index (Phi) is 11.1. The van der Waals surface area contributed by atoms with Crippen molar-refractivity contribution in [2.24, 2.45) is 11.8 Å². The Morgan fingerprint density at radius 1 is 1.20 bits per heavy atom. The molecule has 1 amide bonds. The maximum Gasteiger partial charge on any atom is 0.412 e. The fraction of sp³-hybridized carbons (Fsp3) is 0.643. The fourth-order valence-corrected chi connectivity index (χ4v) is 4.75. The van der Waals surface area contributed by atoms with Crippen molar-refractivity contribution in [1.29, 1.82) is 0 Å². The highest BCUT2D eigenvalue weighted by Gasteiger charge is 2.38. The number of methoxy groups -OCH3 is 2. The third-order valence-corrected chi connectivity index (χ3v) is 6.47. The van der Waals surface area contributed by atoms with Crippen molar-refractivity contribution in [3.8, 4) is 5.75 Å². The first-order valence-electron chi connectivity index (χ1n) is 12.5. The van der Waals surface area contributed by atoms with Gasteiger partial charge in [0.05, 0.1) is 7.11 Å². The van der Waals surface area contributed by atoms with Crippen LogP contribution in [0.5, 0.6) is 5.75 Å². The minimum Gasteiger partial charge on any atom is -0.497 e. The predicted octanol–water partition coefficient (Wildman–Crippen LogP) is 5.76. The molecule has 196 valence electrons. The van der Waals surface area contributed by atoms with E-state index in [1.54, 1.807) is 27.9 Å². The number of hydrogen-bond acceptors (Lipinski definition) is 6. The molecule has 35 heavy (non-hydrogen) atoms. The Labute approximate surface area is 210 Å². The van der Waals surface area contributed by atoms with E-state index < -0.39 is 23.7 Å². The van der Waals surface area contributed by atoms with E-state index >= 15 is 0 Å². The van der Waals surface area contributed by atoms with Gasteiger partial charge in [-0.25, -0.2) is 9.59 Å². The minimum absolute atomic E-state index is 0.0434. The summed E-state index contributed by atoms with van der Waals surface area (Å²) in [6.45, 7) is 11.2. The van der Waals surface area contributed by atoms with E-state index in [4.69, 9.17) is 18.9 Å². The van der Waals surface area contributed by atoms with Crippen LogP contribution in [0.2, 0.25) is 0 Å². The van der Waals surface area contributed by atoms with E-state index in [1.807, 2.05) is 25.1 Å². The van der Waals surface area contributed by atoms with Gasteiger partial charge in [0.2, 0.25) is 0 Å². The average molecular weight is 490 g/mol. The van der Waals surface area contributed by atoms with Crippen molar-refractivity contribution in [2.45, 2.75) is 84.0 Å². The molecule has 0 radical (unpaired) electrons. The Bertz CT molecular complexity index is 816. The zero-order chi connectivity index (χ0) is 26.0. The van der Waals surface area contributed by atoms with Crippen LogP contribution in [0.25, 0.3) is 0 Å². The van der Waals surface area contributed by atoms with Crippen LogP contribution in [0.15, 0.2) is 36.9 Å². The normalized spacial score (nSPS) is 23.3. The summed E-state index contributed by atoms with van der Waals surface area (Å²) in [5.41, 5.74) is 0.543. The molecule has 0 aromatic heterocycles. The second-order valence-corrected chi connectivity index (χ2v) is 10.3. The van der Waals surface area contributed by atoms with Crippen LogP contribution in [0.3, 0.4) is 0 Å². The quantitative estimate of drug-likeness (QED) is 0.249. The van der Waals surface area contributed by atoms with Crippen molar-refractivity contribution < 1.29 is 28.5 Å². The van der Waals surface area contributed by atoms with Crippen molar-refractivity contribution in [2.75, 3.05) is 21.0 Å². The third-order valence-electron chi connectivity index (χ3n) is 6.47. The van der Waals surface area contributed by atoms with Gasteiger partial charge in [-0.1, -0.05) is 24.6 Å². The first-order valence-corrected chi connectivity index (χ1v) is 12.5. The molecule has 0 spiro atoms. The summed E-state index contributed by atoms with van der Waals surface area (Å²) in [5.74, 6) is 0.920. The first kappa shape index (κ1) is 28.7. The Balaban J connectivity index is 2.28. The maximum absolute atomic E-state index is 13.3. The van der Waals surface area contributed by atoms with Gasteiger partial charge in [0, 0.05) is 7.11 Å². The molecule has 0 aliphatic carbocycles. The number of ether oxygens (including phenoxy) is 4. The van der Waals surface area contributed by atoms with Gasteiger partial charge in [-0.3, -0.25) is 4.90 Å². The molecule has 0 saturated carbocycles. The number of esters is 1. The smallest absolute Gasteiger partial charge is 0.412 e. The van der Waals surface area contributed by atoms with Gasteiger partial charge in [0.15, 0.2) is 0 Å². The summed E-state index contributed by atoms with van der Waals surface area (Å²) in [7, 11) is 3.16. The van der Waals surface area contributed by atoms with Crippen LogP contribution in [0, 0.1) is 11.8 Å². The predicted molar refractivity (Wildman–Crippen MR) is 136 cm³/mol. The number of carbonyl (C=O) groups excluding carboxylic acids is 2. The van der Waals surface area contributed by atoms with Gasteiger partial charge in [0.25, 0.3) is 0 Å². The SMILES string of the molecule is C=CCC[C@@H]1[C@@H](Cc2ccc(OC)cc2)CCC[C@H](N(COC)C(=O)OC(C)(C)C)C(=O)O[C@H]1C. The number of carbonyl (C=O) groups is 2. The number of allylic oxidation sites excluding steroid dienone is 1. The van der Waals surface area contributed by atoms with Crippen molar-refractivity contribution in [3.05, 3.63) is 42.5 Å². The molecule has 1 heterocycles. The standard InChI is InChI=1S/C28H43NO6/c1-8-9-12-24-20(2)34-26(30)25(29(19-32-6)27(31)35-28(3,4)5)13-10-11-22(24)18-21-14-16-23(33-7)17-15-21/h8,14-17,20,22,24-25H,1,9-13,18-19H2,2-7H3/t20-,22+,24-,25-/m0/s1. The number of rotatable bonds is 9. The van der Waals surface area contributed by atoms with Gasteiger partial charge in [-0.15, -0.1) is 6.58 Å². The Morgan fingerprint density at radius 3 is 2.46 bits per heavy atom. The largest absolute Gasteiger partial charge is 0.497 e. The van der Waals surface area contributed by atoms with E-state index in [2.05, 4.69) is 18.7 Å². The first-order chi connectivity index (χ1) is 16.6. The van der Waals surface area contributed by atoms with Gasteiger partial charge in [-0.05, 0) is 89.3 Å². The molecule has 0 bridgehead atoms. The average Bonchev–Trinajstić information content (AvgIpc) is 2.84. The van der Waals surface area contributed by atoms with Gasteiger partial charge < -0.3 is 18.9 Å². The molecule has 1 aromatic rings.